The van der Waals surface area contributed by atoms with Gasteiger partial charge in [0.2, 0.25) is 0 Å². The fourth-order valence-corrected chi connectivity index (χ4v) is 3.31. The highest BCUT2D eigenvalue weighted by molar-refractivity contribution is 5.98. The van der Waals surface area contributed by atoms with Crippen LogP contribution in [0.25, 0.3) is 10.9 Å². The molecule has 0 saturated carbocycles. The molecule has 0 bridgehead atoms. The van der Waals surface area contributed by atoms with Crippen molar-refractivity contribution in [3.8, 4) is 0 Å². The lowest BCUT2D eigenvalue weighted by Crippen LogP contribution is -2.28. The standard InChI is InChI=1S/C17H18N4O/c1-11-9-18-20-16(11)13-6-7-21(10-13)17(22)15-8-12-4-2-3-5-14(12)19-15/h2-5,8-9,13,19H,6-7,10H2,1H3,(H,18,20). The van der Waals surface area contributed by atoms with E-state index in [1.165, 1.54) is 5.56 Å². The highest BCUT2D eigenvalue weighted by Gasteiger charge is 2.30. The number of aryl methyl sites for hydroxylation is 1. The van der Waals surface area contributed by atoms with Crippen molar-refractivity contribution < 1.29 is 4.79 Å². The van der Waals surface area contributed by atoms with Crippen molar-refractivity contribution in [1.82, 2.24) is 20.1 Å². The van der Waals surface area contributed by atoms with Crippen LogP contribution in [0.15, 0.2) is 36.5 Å². The van der Waals surface area contributed by atoms with Gasteiger partial charge in [-0.05, 0) is 31.0 Å². The monoisotopic (exact) mass is 294 g/mol. The van der Waals surface area contributed by atoms with Gasteiger partial charge >= 0.3 is 0 Å². The minimum Gasteiger partial charge on any atom is -0.351 e. The number of para-hydroxylation sites is 1. The lowest BCUT2D eigenvalue weighted by atomic mass is 10.0. The molecule has 1 amide bonds. The molecule has 112 valence electrons. The summed E-state index contributed by atoms with van der Waals surface area (Å²) < 4.78 is 0. The first-order chi connectivity index (χ1) is 10.7. The number of carbonyl (C=O) groups is 1. The Labute approximate surface area is 128 Å². The van der Waals surface area contributed by atoms with Gasteiger partial charge in [0.15, 0.2) is 0 Å². The Hall–Kier alpha value is -2.56. The Bertz CT molecular complexity index is 799. The molecule has 3 heterocycles. The molecule has 3 aromatic rings. The molecular weight excluding hydrogens is 276 g/mol. The molecule has 4 rings (SSSR count). The van der Waals surface area contributed by atoms with E-state index in [-0.39, 0.29) is 5.91 Å². The minimum absolute atomic E-state index is 0.0795. The number of benzene rings is 1. The Morgan fingerprint density at radius 3 is 3.00 bits per heavy atom. The van der Waals surface area contributed by atoms with Crippen LogP contribution in [0.5, 0.6) is 0 Å². The van der Waals surface area contributed by atoms with Crippen molar-refractivity contribution in [2.24, 2.45) is 0 Å². The summed E-state index contributed by atoms with van der Waals surface area (Å²) in [5.74, 6) is 0.437. The van der Waals surface area contributed by atoms with Gasteiger partial charge in [-0.25, -0.2) is 0 Å². The molecule has 1 aliphatic heterocycles. The molecule has 1 aromatic carbocycles. The summed E-state index contributed by atoms with van der Waals surface area (Å²) in [6, 6.07) is 9.90. The fraction of sp³-hybridized carbons (Fsp3) is 0.294. The molecule has 5 nitrogen and oxygen atoms in total. The Kier molecular flexibility index (Phi) is 2.99. The highest BCUT2D eigenvalue weighted by atomic mass is 16.2. The number of fused-ring (bicyclic) bond motifs is 1. The van der Waals surface area contributed by atoms with Crippen molar-refractivity contribution in [3.05, 3.63) is 53.5 Å². The van der Waals surface area contributed by atoms with E-state index >= 15 is 0 Å². The van der Waals surface area contributed by atoms with E-state index in [1.807, 2.05) is 41.4 Å². The van der Waals surface area contributed by atoms with Crippen LogP contribution in [0.2, 0.25) is 0 Å². The fourth-order valence-electron chi connectivity index (χ4n) is 3.31. The molecule has 1 fully saturated rings. The average molecular weight is 294 g/mol. The predicted octanol–water partition coefficient (Wildman–Crippen LogP) is 2.83. The summed E-state index contributed by atoms with van der Waals surface area (Å²) in [6.07, 6.45) is 2.83. The summed E-state index contributed by atoms with van der Waals surface area (Å²) >= 11 is 0. The van der Waals surface area contributed by atoms with Crippen LogP contribution < -0.4 is 0 Å². The molecular formula is C17H18N4O. The Morgan fingerprint density at radius 1 is 1.36 bits per heavy atom. The third-order valence-corrected chi connectivity index (χ3v) is 4.51. The van der Waals surface area contributed by atoms with Crippen molar-refractivity contribution in [2.45, 2.75) is 19.3 Å². The van der Waals surface area contributed by atoms with E-state index in [4.69, 9.17) is 0 Å². The second-order valence-electron chi connectivity index (χ2n) is 5.97. The lowest BCUT2D eigenvalue weighted by molar-refractivity contribution is 0.0786. The molecule has 0 radical (unpaired) electrons. The van der Waals surface area contributed by atoms with Crippen LogP contribution >= 0.6 is 0 Å². The highest BCUT2D eigenvalue weighted by Crippen LogP contribution is 2.29. The normalized spacial score (nSPS) is 18.2. The zero-order chi connectivity index (χ0) is 15.1. The molecule has 1 aliphatic rings. The van der Waals surface area contributed by atoms with Crippen LogP contribution in [0.1, 0.15) is 34.1 Å². The summed E-state index contributed by atoms with van der Waals surface area (Å²) in [6.45, 7) is 3.59. The zero-order valence-corrected chi connectivity index (χ0v) is 12.5. The largest absolute Gasteiger partial charge is 0.351 e. The van der Waals surface area contributed by atoms with Gasteiger partial charge < -0.3 is 9.88 Å². The first kappa shape index (κ1) is 13.1. The second kappa shape index (κ2) is 5.02. The van der Waals surface area contributed by atoms with E-state index in [0.717, 1.165) is 36.1 Å². The van der Waals surface area contributed by atoms with E-state index in [1.54, 1.807) is 0 Å². The van der Waals surface area contributed by atoms with Gasteiger partial charge in [0.25, 0.3) is 5.91 Å². The van der Waals surface area contributed by atoms with Gasteiger partial charge in [-0.15, -0.1) is 0 Å². The van der Waals surface area contributed by atoms with Crippen LogP contribution in [0, 0.1) is 6.92 Å². The van der Waals surface area contributed by atoms with Gasteiger partial charge in [-0.1, -0.05) is 18.2 Å². The van der Waals surface area contributed by atoms with Crippen molar-refractivity contribution >= 4 is 16.8 Å². The topological polar surface area (TPSA) is 64.8 Å². The van der Waals surface area contributed by atoms with Gasteiger partial charge in [-0.2, -0.15) is 5.10 Å². The number of hydrogen-bond acceptors (Lipinski definition) is 2. The van der Waals surface area contributed by atoms with Crippen LogP contribution in [0.4, 0.5) is 0 Å². The summed E-state index contributed by atoms with van der Waals surface area (Å²) in [4.78, 5) is 17.8. The first-order valence-electron chi connectivity index (χ1n) is 7.59. The molecule has 0 aliphatic carbocycles. The van der Waals surface area contributed by atoms with Crippen molar-refractivity contribution in [3.63, 3.8) is 0 Å². The average Bonchev–Trinajstić information content (AvgIpc) is 3.24. The van der Waals surface area contributed by atoms with Gasteiger partial charge in [-0.3, -0.25) is 9.89 Å². The number of nitrogens with zero attached hydrogens (tertiary/aromatic N) is 2. The number of aromatic amines is 2. The summed E-state index contributed by atoms with van der Waals surface area (Å²) in [5.41, 5.74) is 4.01. The minimum atomic E-state index is 0.0795. The van der Waals surface area contributed by atoms with E-state index in [0.29, 0.717) is 11.6 Å². The van der Waals surface area contributed by atoms with E-state index in [2.05, 4.69) is 22.1 Å². The Morgan fingerprint density at radius 2 is 2.23 bits per heavy atom. The van der Waals surface area contributed by atoms with Crippen LogP contribution in [0.3, 0.4) is 0 Å². The first-order valence-corrected chi connectivity index (χ1v) is 7.59. The van der Waals surface area contributed by atoms with Gasteiger partial charge in [0, 0.05) is 35.6 Å². The molecule has 22 heavy (non-hydrogen) atoms. The lowest BCUT2D eigenvalue weighted by Gasteiger charge is -2.15. The van der Waals surface area contributed by atoms with E-state index < -0.39 is 0 Å². The number of amides is 1. The number of H-pyrrole nitrogens is 2. The summed E-state index contributed by atoms with van der Waals surface area (Å²) in [7, 11) is 0. The zero-order valence-electron chi connectivity index (χ0n) is 12.5. The third-order valence-electron chi connectivity index (χ3n) is 4.51. The van der Waals surface area contributed by atoms with Gasteiger partial charge in [0.1, 0.15) is 5.69 Å². The number of aromatic nitrogens is 3. The van der Waals surface area contributed by atoms with E-state index in [9.17, 15) is 4.79 Å². The van der Waals surface area contributed by atoms with Crippen LogP contribution in [-0.4, -0.2) is 39.1 Å². The van der Waals surface area contributed by atoms with Crippen LogP contribution in [-0.2, 0) is 0 Å². The molecule has 1 atom stereocenters. The molecule has 5 heteroatoms. The molecule has 0 spiro atoms. The molecule has 1 saturated heterocycles. The predicted molar refractivity (Wildman–Crippen MR) is 84.9 cm³/mol. The molecule has 2 N–H and O–H groups in total. The molecule has 2 aromatic heterocycles. The number of likely N-dealkylation sites (tertiary alicyclic amines) is 1. The Balaban J connectivity index is 1.55. The number of carbonyl (C=O) groups excluding carboxylic acids is 1. The SMILES string of the molecule is Cc1cn[nH]c1C1CCN(C(=O)c2cc3ccccc3[nH]2)C1. The maximum atomic E-state index is 12.7. The molecule has 1 unspecified atom stereocenters. The maximum absolute atomic E-state index is 12.7. The van der Waals surface area contributed by atoms with Crippen molar-refractivity contribution in [1.29, 1.82) is 0 Å². The number of hydrogen-bond donors (Lipinski definition) is 2. The number of rotatable bonds is 2. The van der Waals surface area contributed by atoms with Crippen molar-refractivity contribution in [2.75, 3.05) is 13.1 Å². The summed E-state index contributed by atoms with van der Waals surface area (Å²) in [5, 5.41) is 8.24. The number of nitrogens with one attached hydrogen (secondary N) is 2. The smallest absolute Gasteiger partial charge is 0.270 e. The third kappa shape index (κ3) is 2.09. The quantitative estimate of drug-likeness (QED) is 0.763. The second-order valence-corrected chi connectivity index (χ2v) is 5.97. The van der Waals surface area contributed by atoms with Gasteiger partial charge in [0.05, 0.1) is 6.20 Å². The maximum Gasteiger partial charge on any atom is 0.270 e.